The Hall–Kier alpha value is -1.10. The lowest BCUT2D eigenvalue weighted by molar-refractivity contribution is -0.129. The highest BCUT2D eigenvalue weighted by Gasteiger charge is 2.28. The van der Waals surface area contributed by atoms with Gasteiger partial charge in [0.05, 0.1) is 0 Å². The van der Waals surface area contributed by atoms with Gasteiger partial charge >= 0.3 is 0 Å². The van der Waals surface area contributed by atoms with Gasteiger partial charge in [-0.1, -0.05) is 0 Å². The average Bonchev–Trinajstić information content (AvgIpc) is 2.17. The predicted octanol–water partition coefficient (Wildman–Crippen LogP) is -0.732. The molecule has 0 bridgehead atoms. The van der Waals surface area contributed by atoms with Crippen LogP contribution < -0.4 is 17.0 Å². The Balaban J connectivity index is 2.39. The first-order chi connectivity index (χ1) is 6.15. The Kier molecular flexibility index (Phi) is 3.25. The van der Waals surface area contributed by atoms with Crippen molar-refractivity contribution in [2.24, 2.45) is 23.4 Å². The molecular weight excluding hydrogens is 170 g/mol. The summed E-state index contributed by atoms with van der Waals surface area (Å²) in [7, 11) is 0. The van der Waals surface area contributed by atoms with Gasteiger partial charge in [0, 0.05) is 11.8 Å². The number of hydrogen-bond donors (Lipinski definition) is 3. The van der Waals surface area contributed by atoms with E-state index in [1.807, 2.05) is 0 Å². The molecular formula is C8H15N3O2. The van der Waals surface area contributed by atoms with Crippen LogP contribution in [0.4, 0.5) is 0 Å². The largest absolute Gasteiger partial charge is 0.369 e. The third kappa shape index (κ3) is 2.42. The highest BCUT2D eigenvalue weighted by molar-refractivity contribution is 5.79. The van der Waals surface area contributed by atoms with Crippen LogP contribution in [-0.2, 0) is 9.59 Å². The van der Waals surface area contributed by atoms with Gasteiger partial charge in [-0.25, -0.2) is 5.84 Å². The van der Waals surface area contributed by atoms with Crippen LogP contribution in [0.5, 0.6) is 0 Å². The molecule has 0 radical (unpaired) electrons. The molecule has 1 rings (SSSR count). The standard InChI is InChI=1S/C8H15N3O2/c9-7(12)5-1-3-6(4-2-5)8(13)11-10/h5-6H,1-4,10H2,(H2,9,12)(H,11,13). The summed E-state index contributed by atoms with van der Waals surface area (Å²) in [5.74, 6) is 4.52. The second-order valence-electron chi connectivity index (χ2n) is 3.46. The van der Waals surface area contributed by atoms with Gasteiger partial charge in [0.1, 0.15) is 0 Å². The fourth-order valence-corrected chi connectivity index (χ4v) is 1.76. The highest BCUT2D eigenvalue weighted by atomic mass is 16.2. The maximum absolute atomic E-state index is 11.1. The summed E-state index contributed by atoms with van der Waals surface area (Å²) in [6.45, 7) is 0. The zero-order chi connectivity index (χ0) is 9.84. The van der Waals surface area contributed by atoms with Gasteiger partial charge in [-0.15, -0.1) is 0 Å². The Morgan fingerprint density at radius 1 is 1.08 bits per heavy atom. The Labute approximate surface area is 76.8 Å². The van der Waals surface area contributed by atoms with Crippen molar-refractivity contribution in [3.8, 4) is 0 Å². The maximum atomic E-state index is 11.1. The Bertz CT molecular complexity index is 209. The van der Waals surface area contributed by atoms with Crippen LogP contribution >= 0.6 is 0 Å². The van der Waals surface area contributed by atoms with Gasteiger partial charge in [-0.3, -0.25) is 15.0 Å². The van der Waals surface area contributed by atoms with E-state index < -0.39 is 0 Å². The molecule has 0 heterocycles. The van der Waals surface area contributed by atoms with Crippen LogP contribution in [-0.4, -0.2) is 11.8 Å². The number of amides is 2. The second kappa shape index (κ2) is 4.23. The third-order valence-corrected chi connectivity index (χ3v) is 2.64. The van der Waals surface area contributed by atoms with E-state index in [0.29, 0.717) is 25.7 Å². The van der Waals surface area contributed by atoms with E-state index in [9.17, 15) is 9.59 Å². The summed E-state index contributed by atoms with van der Waals surface area (Å²) in [4.78, 5) is 21.9. The first kappa shape index (κ1) is 9.98. The minimum Gasteiger partial charge on any atom is -0.369 e. The third-order valence-electron chi connectivity index (χ3n) is 2.64. The van der Waals surface area contributed by atoms with Crippen LogP contribution in [0.3, 0.4) is 0 Å². The number of nitrogens with two attached hydrogens (primary N) is 2. The minimum atomic E-state index is -0.258. The number of primary amides is 1. The van der Waals surface area contributed by atoms with Gasteiger partial charge in [0.2, 0.25) is 11.8 Å². The van der Waals surface area contributed by atoms with Crippen LogP contribution in [0.1, 0.15) is 25.7 Å². The predicted molar refractivity (Wildman–Crippen MR) is 47.0 cm³/mol. The lowest BCUT2D eigenvalue weighted by Crippen LogP contribution is -2.38. The zero-order valence-electron chi connectivity index (χ0n) is 7.45. The molecule has 0 aromatic heterocycles. The number of carbonyl (C=O) groups is 2. The molecule has 0 aliphatic heterocycles. The molecule has 2 amide bonds. The minimum absolute atomic E-state index is 0.0411. The molecule has 0 atom stereocenters. The number of hydrazine groups is 1. The lowest BCUT2D eigenvalue weighted by atomic mass is 9.81. The van der Waals surface area contributed by atoms with E-state index in [-0.39, 0.29) is 23.7 Å². The van der Waals surface area contributed by atoms with Gasteiger partial charge in [0.25, 0.3) is 0 Å². The lowest BCUT2D eigenvalue weighted by Gasteiger charge is -2.24. The van der Waals surface area contributed by atoms with Crippen molar-refractivity contribution in [1.82, 2.24) is 5.43 Å². The molecule has 1 fully saturated rings. The molecule has 0 aromatic carbocycles. The highest BCUT2D eigenvalue weighted by Crippen LogP contribution is 2.28. The van der Waals surface area contributed by atoms with Crippen molar-refractivity contribution in [1.29, 1.82) is 0 Å². The van der Waals surface area contributed by atoms with Crippen molar-refractivity contribution in [3.05, 3.63) is 0 Å². The van der Waals surface area contributed by atoms with Crippen LogP contribution in [0.2, 0.25) is 0 Å². The van der Waals surface area contributed by atoms with Crippen LogP contribution in [0.25, 0.3) is 0 Å². The zero-order valence-corrected chi connectivity index (χ0v) is 7.45. The molecule has 1 saturated carbocycles. The van der Waals surface area contributed by atoms with E-state index >= 15 is 0 Å². The van der Waals surface area contributed by atoms with Crippen molar-refractivity contribution < 1.29 is 9.59 Å². The van der Waals surface area contributed by atoms with Crippen molar-refractivity contribution >= 4 is 11.8 Å². The van der Waals surface area contributed by atoms with Crippen LogP contribution in [0, 0.1) is 11.8 Å². The molecule has 1 aliphatic carbocycles. The van der Waals surface area contributed by atoms with Crippen molar-refractivity contribution in [2.75, 3.05) is 0 Å². The van der Waals surface area contributed by atoms with E-state index in [1.54, 1.807) is 0 Å². The van der Waals surface area contributed by atoms with Crippen LogP contribution in [0.15, 0.2) is 0 Å². The molecule has 0 unspecified atom stereocenters. The molecule has 74 valence electrons. The van der Waals surface area contributed by atoms with E-state index in [4.69, 9.17) is 11.6 Å². The summed E-state index contributed by atoms with van der Waals surface area (Å²) >= 11 is 0. The normalized spacial score (nSPS) is 28.1. The number of nitrogens with one attached hydrogen (secondary N) is 1. The van der Waals surface area contributed by atoms with Gasteiger partial charge < -0.3 is 5.73 Å². The number of hydrogen-bond acceptors (Lipinski definition) is 3. The van der Waals surface area contributed by atoms with E-state index in [0.717, 1.165) is 0 Å². The molecule has 5 nitrogen and oxygen atoms in total. The smallest absolute Gasteiger partial charge is 0.236 e. The van der Waals surface area contributed by atoms with Gasteiger partial charge in [-0.2, -0.15) is 0 Å². The number of rotatable bonds is 2. The quantitative estimate of drug-likeness (QED) is 0.300. The molecule has 0 aromatic rings. The fraction of sp³-hybridized carbons (Fsp3) is 0.750. The Morgan fingerprint density at radius 3 is 1.92 bits per heavy atom. The topological polar surface area (TPSA) is 98.2 Å². The van der Waals surface area contributed by atoms with Crippen molar-refractivity contribution in [2.45, 2.75) is 25.7 Å². The summed E-state index contributed by atoms with van der Waals surface area (Å²) in [5.41, 5.74) is 7.28. The molecule has 13 heavy (non-hydrogen) atoms. The molecule has 5 N–H and O–H groups in total. The van der Waals surface area contributed by atoms with Crippen molar-refractivity contribution in [3.63, 3.8) is 0 Å². The first-order valence-electron chi connectivity index (χ1n) is 4.45. The van der Waals surface area contributed by atoms with Gasteiger partial charge in [-0.05, 0) is 25.7 Å². The Morgan fingerprint density at radius 2 is 1.54 bits per heavy atom. The van der Waals surface area contributed by atoms with Gasteiger partial charge in [0.15, 0.2) is 0 Å². The second-order valence-corrected chi connectivity index (χ2v) is 3.46. The maximum Gasteiger partial charge on any atom is 0.236 e. The average molecular weight is 185 g/mol. The molecule has 1 aliphatic rings. The molecule has 5 heteroatoms. The first-order valence-corrected chi connectivity index (χ1v) is 4.45. The molecule has 0 spiro atoms. The monoisotopic (exact) mass is 185 g/mol. The number of carbonyl (C=O) groups excluding carboxylic acids is 2. The summed E-state index contributed by atoms with van der Waals surface area (Å²) in [5, 5.41) is 0. The fourth-order valence-electron chi connectivity index (χ4n) is 1.76. The molecule has 0 saturated heterocycles. The summed E-state index contributed by atoms with van der Waals surface area (Å²) in [6, 6.07) is 0. The van der Waals surface area contributed by atoms with E-state index in [2.05, 4.69) is 5.43 Å². The summed E-state index contributed by atoms with van der Waals surface area (Å²) < 4.78 is 0. The van der Waals surface area contributed by atoms with E-state index in [1.165, 1.54) is 0 Å². The summed E-state index contributed by atoms with van der Waals surface area (Å²) in [6.07, 6.45) is 2.81. The SMILES string of the molecule is NNC(=O)C1CCC(C(N)=O)CC1.